The average Bonchev–Trinajstić information content (AvgIpc) is 2.57. The lowest BCUT2D eigenvalue weighted by atomic mass is 10.0. The van der Waals surface area contributed by atoms with Crippen molar-refractivity contribution in [2.24, 2.45) is 5.73 Å². The molecule has 1 aromatic carbocycles. The van der Waals surface area contributed by atoms with Gasteiger partial charge in [-0.1, -0.05) is 29.3 Å². The van der Waals surface area contributed by atoms with Crippen LogP contribution >= 0.6 is 43.2 Å². The van der Waals surface area contributed by atoms with Gasteiger partial charge in [0.1, 0.15) is 0 Å². The smallest absolute Gasteiger partial charge is 0.0843 e. The number of hydrogen-bond donors (Lipinski definition) is 1. The fourth-order valence-corrected chi connectivity index (χ4v) is 3.99. The zero-order chi connectivity index (χ0) is 12.6. The number of nitrogens with two attached hydrogens (primary N) is 1. The third kappa shape index (κ3) is 2.99. The van der Waals surface area contributed by atoms with E-state index in [0.717, 1.165) is 13.1 Å². The monoisotopic (exact) mass is 373 g/mol. The first kappa shape index (κ1) is 13.3. The Balaban J connectivity index is 2.39. The maximum atomic E-state index is 6.31. The topological polar surface area (TPSA) is 26.0 Å². The molecule has 0 saturated heterocycles. The number of thiophene rings is 1. The molecule has 1 unspecified atom stereocenters. The minimum atomic E-state index is -0.0544. The molecule has 1 nitrogen and oxygen atoms in total. The van der Waals surface area contributed by atoms with Gasteiger partial charge in [-0.05, 0) is 57.3 Å². The SMILES string of the molecule is Cc1cc(C)cc(C(N)c2cc(Br)c(Br)s2)c1. The third-order valence-corrected chi connectivity index (χ3v) is 5.91. The van der Waals surface area contributed by atoms with Gasteiger partial charge in [0.2, 0.25) is 0 Å². The van der Waals surface area contributed by atoms with Crippen LogP contribution in [0, 0.1) is 13.8 Å². The highest BCUT2D eigenvalue weighted by molar-refractivity contribution is 9.13. The minimum Gasteiger partial charge on any atom is -0.320 e. The molecule has 0 bridgehead atoms. The second-order valence-corrected chi connectivity index (χ2v) is 7.43. The molecule has 0 saturated carbocycles. The fourth-order valence-electron chi connectivity index (χ4n) is 1.87. The van der Waals surface area contributed by atoms with Crippen LogP contribution in [0.5, 0.6) is 0 Å². The molecule has 1 atom stereocenters. The predicted molar refractivity (Wildman–Crippen MR) is 81.7 cm³/mol. The first-order chi connectivity index (χ1) is 7.97. The standard InChI is InChI=1S/C13H13Br2NS/c1-7-3-8(2)5-9(4-7)12(16)11-6-10(14)13(15)17-11/h3-6,12H,16H2,1-2H3. The van der Waals surface area contributed by atoms with Gasteiger partial charge in [-0.25, -0.2) is 0 Å². The normalized spacial score (nSPS) is 12.8. The zero-order valence-electron chi connectivity index (χ0n) is 9.63. The van der Waals surface area contributed by atoms with Crippen LogP contribution in [-0.4, -0.2) is 0 Å². The first-order valence-electron chi connectivity index (χ1n) is 5.26. The molecular formula is C13H13Br2NS. The summed E-state index contributed by atoms with van der Waals surface area (Å²) in [5, 5.41) is 0. The zero-order valence-corrected chi connectivity index (χ0v) is 13.6. The summed E-state index contributed by atoms with van der Waals surface area (Å²) in [5.41, 5.74) is 9.98. The summed E-state index contributed by atoms with van der Waals surface area (Å²) in [6.45, 7) is 4.20. The van der Waals surface area contributed by atoms with E-state index in [9.17, 15) is 0 Å². The van der Waals surface area contributed by atoms with Crippen molar-refractivity contribution in [1.82, 2.24) is 0 Å². The summed E-state index contributed by atoms with van der Waals surface area (Å²) in [7, 11) is 0. The van der Waals surface area contributed by atoms with Gasteiger partial charge in [-0.2, -0.15) is 0 Å². The summed E-state index contributed by atoms with van der Waals surface area (Å²) in [6, 6.07) is 8.49. The molecule has 0 radical (unpaired) electrons. The summed E-state index contributed by atoms with van der Waals surface area (Å²) in [6.07, 6.45) is 0. The lowest BCUT2D eigenvalue weighted by molar-refractivity contribution is 0.889. The second-order valence-electron chi connectivity index (χ2n) is 4.17. The average molecular weight is 375 g/mol. The van der Waals surface area contributed by atoms with Crippen LogP contribution in [0.4, 0.5) is 0 Å². The van der Waals surface area contributed by atoms with Crippen LogP contribution in [0.15, 0.2) is 32.5 Å². The Labute approximate surface area is 122 Å². The van der Waals surface area contributed by atoms with Crippen molar-refractivity contribution < 1.29 is 0 Å². The molecule has 0 amide bonds. The maximum Gasteiger partial charge on any atom is 0.0843 e. The molecule has 1 heterocycles. The highest BCUT2D eigenvalue weighted by atomic mass is 79.9. The molecule has 2 aromatic rings. The maximum absolute atomic E-state index is 6.31. The van der Waals surface area contributed by atoms with Crippen LogP contribution in [0.3, 0.4) is 0 Å². The largest absolute Gasteiger partial charge is 0.320 e. The van der Waals surface area contributed by atoms with Gasteiger partial charge in [0, 0.05) is 9.35 Å². The number of benzene rings is 1. The van der Waals surface area contributed by atoms with Crippen molar-refractivity contribution in [3.05, 3.63) is 54.1 Å². The van der Waals surface area contributed by atoms with Crippen molar-refractivity contribution in [1.29, 1.82) is 0 Å². The molecule has 0 aliphatic heterocycles. The van der Waals surface area contributed by atoms with Gasteiger partial charge in [0.15, 0.2) is 0 Å². The van der Waals surface area contributed by atoms with Crippen molar-refractivity contribution in [2.45, 2.75) is 19.9 Å². The van der Waals surface area contributed by atoms with Crippen LogP contribution in [0.1, 0.15) is 27.6 Å². The Morgan fingerprint density at radius 1 is 1.06 bits per heavy atom. The number of aryl methyl sites for hydroxylation is 2. The van der Waals surface area contributed by atoms with E-state index >= 15 is 0 Å². The van der Waals surface area contributed by atoms with Crippen LogP contribution < -0.4 is 5.73 Å². The summed E-state index contributed by atoms with van der Waals surface area (Å²) in [4.78, 5) is 1.16. The first-order valence-corrected chi connectivity index (χ1v) is 7.66. The van der Waals surface area contributed by atoms with E-state index in [2.05, 4.69) is 70.0 Å². The quantitative estimate of drug-likeness (QED) is 0.791. The van der Waals surface area contributed by atoms with Crippen LogP contribution in [0.25, 0.3) is 0 Å². The molecule has 4 heteroatoms. The molecular weight excluding hydrogens is 362 g/mol. The second kappa shape index (κ2) is 5.22. The number of halogens is 2. The third-order valence-electron chi connectivity index (χ3n) is 2.57. The summed E-state index contributed by atoms with van der Waals surface area (Å²) >= 11 is 8.67. The van der Waals surface area contributed by atoms with E-state index in [-0.39, 0.29) is 6.04 Å². The highest BCUT2D eigenvalue weighted by Gasteiger charge is 2.14. The van der Waals surface area contributed by atoms with Gasteiger partial charge < -0.3 is 5.73 Å². The van der Waals surface area contributed by atoms with Gasteiger partial charge >= 0.3 is 0 Å². The number of rotatable bonds is 2. The molecule has 1 aromatic heterocycles. The Kier molecular flexibility index (Phi) is 4.08. The molecule has 2 N–H and O–H groups in total. The van der Waals surface area contributed by atoms with E-state index in [1.165, 1.54) is 16.7 Å². The summed E-state index contributed by atoms with van der Waals surface area (Å²) in [5.74, 6) is 0. The molecule has 0 spiro atoms. The lowest BCUT2D eigenvalue weighted by Crippen LogP contribution is -2.10. The molecule has 90 valence electrons. The van der Waals surface area contributed by atoms with E-state index in [4.69, 9.17) is 5.73 Å². The summed E-state index contributed by atoms with van der Waals surface area (Å²) < 4.78 is 2.16. The van der Waals surface area contributed by atoms with Crippen molar-refractivity contribution in [3.8, 4) is 0 Å². The van der Waals surface area contributed by atoms with Crippen LogP contribution in [0.2, 0.25) is 0 Å². The van der Waals surface area contributed by atoms with Crippen molar-refractivity contribution in [3.63, 3.8) is 0 Å². The fraction of sp³-hybridized carbons (Fsp3) is 0.231. The predicted octanol–water partition coefficient (Wildman–Crippen LogP) is 4.94. The van der Waals surface area contributed by atoms with Crippen molar-refractivity contribution in [2.75, 3.05) is 0 Å². The van der Waals surface area contributed by atoms with E-state index < -0.39 is 0 Å². The van der Waals surface area contributed by atoms with Gasteiger partial charge in [-0.3, -0.25) is 0 Å². The Morgan fingerprint density at radius 2 is 1.65 bits per heavy atom. The molecule has 2 rings (SSSR count). The van der Waals surface area contributed by atoms with Crippen LogP contribution in [-0.2, 0) is 0 Å². The van der Waals surface area contributed by atoms with E-state index in [1.807, 2.05) is 0 Å². The van der Waals surface area contributed by atoms with E-state index in [0.29, 0.717) is 0 Å². The van der Waals surface area contributed by atoms with Crippen molar-refractivity contribution >= 4 is 43.2 Å². The Hall–Kier alpha value is -0.160. The van der Waals surface area contributed by atoms with Gasteiger partial charge in [0.25, 0.3) is 0 Å². The van der Waals surface area contributed by atoms with Gasteiger partial charge in [-0.15, -0.1) is 11.3 Å². The molecule has 0 fully saturated rings. The molecule has 17 heavy (non-hydrogen) atoms. The molecule has 0 aliphatic carbocycles. The van der Waals surface area contributed by atoms with Gasteiger partial charge in [0.05, 0.1) is 9.83 Å². The highest BCUT2D eigenvalue weighted by Crippen LogP contribution is 2.36. The molecule has 0 aliphatic rings. The number of hydrogen-bond acceptors (Lipinski definition) is 2. The van der Waals surface area contributed by atoms with E-state index in [1.54, 1.807) is 11.3 Å². The Morgan fingerprint density at radius 3 is 2.12 bits per heavy atom. The Bertz CT molecular complexity index is 509. The minimum absolute atomic E-state index is 0.0544. The lowest BCUT2D eigenvalue weighted by Gasteiger charge is -2.12.